The van der Waals surface area contributed by atoms with Crippen LogP contribution in [-0.4, -0.2) is 25.3 Å². The fourth-order valence-corrected chi connectivity index (χ4v) is 12.3. The number of rotatable bonds is 13. The van der Waals surface area contributed by atoms with Crippen molar-refractivity contribution in [3.63, 3.8) is 0 Å². The second-order valence-corrected chi connectivity index (χ2v) is 18.8. The lowest BCUT2D eigenvalue weighted by molar-refractivity contribution is -0.145. The van der Waals surface area contributed by atoms with E-state index in [4.69, 9.17) is 37.4 Å². The highest BCUT2D eigenvalue weighted by atomic mass is 35.5. The van der Waals surface area contributed by atoms with Crippen molar-refractivity contribution in [3.05, 3.63) is 155 Å². The van der Waals surface area contributed by atoms with Gasteiger partial charge in [-0.25, -0.2) is 22.4 Å². The van der Waals surface area contributed by atoms with Crippen LogP contribution in [-0.2, 0) is 9.53 Å². The van der Waals surface area contributed by atoms with Gasteiger partial charge in [0.25, 0.3) is 0 Å². The van der Waals surface area contributed by atoms with Gasteiger partial charge < -0.3 is 14.2 Å². The molecule has 6 aromatic carbocycles. The molecule has 0 amide bonds. The first kappa shape index (κ1) is 41.7. The Morgan fingerprint density at radius 1 is 0.569 bits per heavy atom. The molecule has 58 heavy (non-hydrogen) atoms. The Hall–Kier alpha value is -4.45. The molecule has 12 heteroatoms. The van der Waals surface area contributed by atoms with E-state index in [0.29, 0.717) is 32.5 Å². The summed E-state index contributed by atoms with van der Waals surface area (Å²) < 4.78 is 76.8. The summed E-state index contributed by atoms with van der Waals surface area (Å²) in [6.07, 6.45) is 4.39. The number of halogens is 6. The monoisotopic (exact) mass is 862 g/mol. The number of carbonyl (C=O) groups excluding carboxylic acids is 1. The average molecular weight is 864 g/mol. The van der Waals surface area contributed by atoms with Crippen LogP contribution in [0, 0.1) is 23.3 Å². The molecule has 0 atom stereocenters. The molecule has 0 spiro atoms. The van der Waals surface area contributed by atoms with Crippen molar-refractivity contribution in [3.8, 4) is 22.6 Å². The summed E-state index contributed by atoms with van der Waals surface area (Å²) in [6.45, 7) is 1.32. The van der Waals surface area contributed by atoms with E-state index in [0.717, 1.165) is 53.3 Å². The Morgan fingerprint density at radius 3 is 1.34 bits per heavy atom. The van der Waals surface area contributed by atoms with Gasteiger partial charge in [0.15, 0.2) is 6.61 Å². The number of carbonyl (C=O) groups is 1. The molecule has 0 aromatic heterocycles. The molecule has 7 rings (SSSR count). The second kappa shape index (κ2) is 19.1. The third-order valence-corrected chi connectivity index (χ3v) is 15.3. The van der Waals surface area contributed by atoms with Crippen LogP contribution >= 0.6 is 39.0 Å². The SMILES string of the molecule is CCOC(=O)COc1c(Cl)ccc(P(c2ccc(F)cc2)c2ccc(F)cc2)c1-c1c(P(c2ccc(F)cc2)c2ccc(F)cc2)ccc(Cl)c1OC1CCCCC1. The highest BCUT2D eigenvalue weighted by Gasteiger charge is 2.33. The quantitative estimate of drug-likeness (QED) is 0.0659. The largest absolute Gasteiger partial charge is 0.488 e. The summed E-state index contributed by atoms with van der Waals surface area (Å²) in [6, 6.07) is 31.7. The minimum atomic E-state index is -1.65. The molecular formula is C46H38Cl2F4O4P2. The average Bonchev–Trinajstić information content (AvgIpc) is 3.22. The van der Waals surface area contributed by atoms with E-state index < -0.39 is 51.7 Å². The Kier molecular flexibility index (Phi) is 13.7. The maximum Gasteiger partial charge on any atom is 0.344 e. The van der Waals surface area contributed by atoms with Gasteiger partial charge in [0.1, 0.15) is 34.8 Å². The maximum absolute atomic E-state index is 14.6. The van der Waals surface area contributed by atoms with Crippen molar-refractivity contribution in [2.24, 2.45) is 0 Å². The molecule has 1 saturated carbocycles. The fraction of sp³-hybridized carbons (Fsp3) is 0.196. The van der Waals surface area contributed by atoms with E-state index in [-0.39, 0.29) is 23.5 Å². The third-order valence-electron chi connectivity index (χ3n) is 9.72. The van der Waals surface area contributed by atoms with Crippen molar-refractivity contribution in [2.45, 2.75) is 45.1 Å². The second-order valence-electron chi connectivity index (χ2n) is 13.6. The molecule has 1 aliphatic carbocycles. The topological polar surface area (TPSA) is 44.8 Å². The first-order chi connectivity index (χ1) is 28.1. The molecule has 0 unspecified atom stereocenters. The zero-order chi connectivity index (χ0) is 40.8. The van der Waals surface area contributed by atoms with Gasteiger partial charge in [0.05, 0.1) is 22.8 Å². The summed E-state index contributed by atoms with van der Waals surface area (Å²) in [5, 5.41) is 4.74. The van der Waals surface area contributed by atoms with Gasteiger partial charge in [-0.2, -0.15) is 0 Å². The van der Waals surface area contributed by atoms with Gasteiger partial charge in [0.2, 0.25) is 0 Å². The first-order valence-corrected chi connectivity index (χ1v) is 22.3. The number of esters is 1. The lowest BCUT2D eigenvalue weighted by Gasteiger charge is -2.31. The molecule has 0 saturated heterocycles. The van der Waals surface area contributed by atoms with E-state index >= 15 is 0 Å². The molecule has 0 bridgehead atoms. The Balaban J connectivity index is 1.61. The molecule has 1 fully saturated rings. The third kappa shape index (κ3) is 9.53. The number of benzene rings is 6. The molecule has 0 N–H and O–H groups in total. The molecular weight excluding hydrogens is 825 g/mol. The van der Waals surface area contributed by atoms with Gasteiger partial charge in [-0.3, -0.25) is 0 Å². The summed E-state index contributed by atoms with van der Waals surface area (Å²) in [4.78, 5) is 12.9. The van der Waals surface area contributed by atoms with Crippen LogP contribution in [0.4, 0.5) is 17.6 Å². The Bertz CT molecular complexity index is 2270. The highest BCUT2D eigenvalue weighted by molar-refractivity contribution is 7.80. The van der Waals surface area contributed by atoms with Crippen molar-refractivity contribution < 1.29 is 36.6 Å². The van der Waals surface area contributed by atoms with Gasteiger partial charge in [-0.1, -0.05) is 90.3 Å². The molecule has 6 aromatic rings. The molecule has 4 nitrogen and oxygen atoms in total. The standard InChI is InChI=1S/C46H38Cl2F4O4P2/c1-2-54-42(53)28-55-45-38(47)24-26-40(57(34-16-8-29(49)9-17-34)35-18-10-30(50)11-19-35)43(45)44-41(27-25-39(48)46(44)56-33-6-4-3-5-7-33)58(36-20-12-31(51)13-21-36)37-22-14-32(52)15-23-37/h8-27,33H,2-7,28H2,1H3. The molecule has 0 radical (unpaired) electrons. The smallest absolute Gasteiger partial charge is 0.344 e. The Labute approximate surface area is 347 Å². The van der Waals surface area contributed by atoms with Crippen LogP contribution in [0.3, 0.4) is 0 Å². The normalized spacial score (nSPS) is 13.2. The van der Waals surface area contributed by atoms with Gasteiger partial charge >= 0.3 is 5.97 Å². The Morgan fingerprint density at radius 2 is 0.948 bits per heavy atom. The number of hydrogen-bond donors (Lipinski definition) is 0. The minimum Gasteiger partial charge on any atom is -0.488 e. The predicted octanol–water partition coefficient (Wildman–Crippen LogP) is 10.4. The zero-order valence-electron chi connectivity index (χ0n) is 31.4. The molecule has 0 heterocycles. The van der Waals surface area contributed by atoms with Crippen molar-refractivity contribution in [1.82, 2.24) is 0 Å². The van der Waals surface area contributed by atoms with Crippen LogP contribution < -0.4 is 41.3 Å². The minimum absolute atomic E-state index is 0.126. The fourth-order valence-electron chi connectivity index (χ4n) is 7.10. The lowest BCUT2D eigenvalue weighted by Crippen LogP contribution is -2.28. The molecule has 298 valence electrons. The van der Waals surface area contributed by atoms with E-state index in [1.165, 1.54) is 48.5 Å². The first-order valence-electron chi connectivity index (χ1n) is 18.8. The highest BCUT2D eigenvalue weighted by Crippen LogP contribution is 2.51. The molecule has 1 aliphatic rings. The molecule has 0 aliphatic heterocycles. The number of ether oxygens (including phenoxy) is 3. The maximum atomic E-state index is 14.6. The van der Waals surface area contributed by atoms with Crippen molar-refractivity contribution in [2.75, 3.05) is 13.2 Å². The predicted molar refractivity (Wildman–Crippen MR) is 229 cm³/mol. The van der Waals surface area contributed by atoms with E-state index in [1.54, 1.807) is 67.6 Å². The van der Waals surface area contributed by atoms with E-state index in [1.807, 2.05) is 12.1 Å². The van der Waals surface area contributed by atoms with Crippen LogP contribution in [0.1, 0.15) is 39.0 Å². The van der Waals surface area contributed by atoms with Crippen molar-refractivity contribution >= 4 is 76.8 Å². The van der Waals surface area contributed by atoms with Gasteiger partial charge in [0, 0.05) is 11.1 Å². The summed E-state index contributed by atoms with van der Waals surface area (Å²) in [5.41, 5.74) is 0.947. The van der Waals surface area contributed by atoms with E-state index in [2.05, 4.69) is 0 Å². The zero-order valence-corrected chi connectivity index (χ0v) is 34.7. The summed E-state index contributed by atoms with van der Waals surface area (Å²) in [7, 11) is -3.27. The lowest BCUT2D eigenvalue weighted by atomic mass is 9.97. The summed E-state index contributed by atoms with van der Waals surface area (Å²) in [5.74, 6) is -1.86. The van der Waals surface area contributed by atoms with Crippen LogP contribution in [0.25, 0.3) is 11.1 Å². The summed E-state index contributed by atoms with van der Waals surface area (Å²) >= 11 is 14.3. The van der Waals surface area contributed by atoms with Crippen molar-refractivity contribution in [1.29, 1.82) is 0 Å². The van der Waals surface area contributed by atoms with Crippen LogP contribution in [0.5, 0.6) is 11.5 Å². The van der Waals surface area contributed by atoms with Gasteiger partial charge in [-0.05, 0) is 141 Å². The number of hydrogen-bond acceptors (Lipinski definition) is 4. The van der Waals surface area contributed by atoms with Crippen LogP contribution in [0.15, 0.2) is 121 Å². The van der Waals surface area contributed by atoms with Crippen LogP contribution in [0.2, 0.25) is 10.0 Å². The van der Waals surface area contributed by atoms with E-state index in [9.17, 15) is 22.4 Å². The van der Waals surface area contributed by atoms with Gasteiger partial charge in [-0.15, -0.1) is 0 Å².